The van der Waals surface area contributed by atoms with E-state index >= 15 is 0 Å². The van der Waals surface area contributed by atoms with Crippen LogP contribution in [0.2, 0.25) is 0 Å². The van der Waals surface area contributed by atoms with Crippen molar-refractivity contribution in [1.82, 2.24) is 10.0 Å². The van der Waals surface area contributed by atoms with Crippen LogP contribution >= 0.6 is 11.8 Å². The summed E-state index contributed by atoms with van der Waals surface area (Å²) in [4.78, 5) is 17.3. The smallest absolute Gasteiger partial charge is 0.263 e. The number of carbonyl (C=O) groups is 1. The Morgan fingerprint density at radius 1 is 1.15 bits per heavy atom. The summed E-state index contributed by atoms with van der Waals surface area (Å²) >= 11 is 1.62. The first-order valence-corrected chi connectivity index (χ1v) is 11.4. The molecule has 2 aromatic carbocycles. The van der Waals surface area contributed by atoms with Crippen molar-refractivity contribution >= 4 is 33.5 Å². The van der Waals surface area contributed by atoms with Gasteiger partial charge in [-0.15, -0.1) is 0 Å². The van der Waals surface area contributed by atoms with Crippen molar-refractivity contribution in [3.8, 4) is 0 Å². The van der Waals surface area contributed by atoms with Crippen molar-refractivity contribution < 1.29 is 13.2 Å². The molecule has 0 saturated carbocycles. The Labute approximate surface area is 163 Å². The van der Waals surface area contributed by atoms with Crippen molar-refractivity contribution in [2.24, 2.45) is 4.99 Å². The van der Waals surface area contributed by atoms with Gasteiger partial charge in [-0.1, -0.05) is 42.5 Å². The van der Waals surface area contributed by atoms with E-state index in [1.165, 1.54) is 6.07 Å². The number of sulfonamides is 1. The van der Waals surface area contributed by atoms with Gasteiger partial charge in [0.2, 0.25) is 5.91 Å². The lowest BCUT2D eigenvalue weighted by molar-refractivity contribution is -0.122. The molecular weight excluding hydrogens is 382 g/mol. The SMILES string of the molecule is CSCC[C@@H](N=C1NS(=O)(=O)c2ccccc21)C(=O)NCc1ccccc1. The predicted molar refractivity (Wildman–Crippen MR) is 108 cm³/mol. The highest BCUT2D eigenvalue weighted by Crippen LogP contribution is 2.23. The van der Waals surface area contributed by atoms with E-state index in [0.717, 1.165) is 11.3 Å². The number of nitrogens with zero attached hydrogens (tertiary/aromatic N) is 1. The van der Waals surface area contributed by atoms with Crippen molar-refractivity contribution in [2.75, 3.05) is 12.0 Å². The first kappa shape index (κ1) is 19.4. The fraction of sp³-hybridized carbons (Fsp3) is 0.263. The van der Waals surface area contributed by atoms with Gasteiger partial charge in [0.15, 0.2) is 0 Å². The number of aliphatic imine (C=N–C) groups is 1. The van der Waals surface area contributed by atoms with Crippen LogP contribution in [-0.4, -0.2) is 38.2 Å². The van der Waals surface area contributed by atoms with E-state index in [1.807, 2.05) is 36.6 Å². The van der Waals surface area contributed by atoms with Crippen molar-refractivity contribution in [2.45, 2.75) is 23.9 Å². The molecule has 1 atom stereocenters. The molecule has 0 aromatic heterocycles. The first-order chi connectivity index (χ1) is 13.0. The van der Waals surface area contributed by atoms with Gasteiger partial charge in [0.05, 0.1) is 4.90 Å². The second kappa shape index (κ2) is 8.58. The van der Waals surface area contributed by atoms with Crippen LogP contribution in [0.25, 0.3) is 0 Å². The third kappa shape index (κ3) is 4.70. The number of fused-ring (bicyclic) bond motifs is 1. The molecule has 0 saturated heterocycles. The fourth-order valence-electron chi connectivity index (χ4n) is 2.77. The van der Waals surface area contributed by atoms with Crippen molar-refractivity contribution in [1.29, 1.82) is 0 Å². The average Bonchev–Trinajstić information content (AvgIpc) is 2.94. The number of amidine groups is 1. The molecule has 0 spiro atoms. The van der Waals surface area contributed by atoms with Crippen LogP contribution in [0.4, 0.5) is 0 Å². The van der Waals surface area contributed by atoms with Gasteiger partial charge in [0, 0.05) is 12.1 Å². The van der Waals surface area contributed by atoms with E-state index in [-0.39, 0.29) is 16.6 Å². The Kier molecular flexibility index (Phi) is 6.18. The zero-order chi connectivity index (χ0) is 19.3. The summed E-state index contributed by atoms with van der Waals surface area (Å²) in [6, 6.07) is 15.6. The predicted octanol–water partition coefficient (Wildman–Crippen LogP) is 2.16. The Morgan fingerprint density at radius 3 is 2.59 bits per heavy atom. The number of benzene rings is 2. The zero-order valence-electron chi connectivity index (χ0n) is 14.9. The van der Waals surface area contributed by atoms with Crippen LogP contribution < -0.4 is 10.0 Å². The summed E-state index contributed by atoms with van der Waals surface area (Å²) in [5, 5.41) is 2.89. The molecule has 6 nitrogen and oxygen atoms in total. The molecule has 1 aliphatic rings. The number of thioether (sulfide) groups is 1. The molecule has 2 N–H and O–H groups in total. The summed E-state index contributed by atoms with van der Waals surface area (Å²) in [5.74, 6) is 0.754. The molecular formula is C19H21N3O3S2. The van der Waals surface area contributed by atoms with E-state index in [2.05, 4.69) is 15.0 Å². The van der Waals surface area contributed by atoms with Crippen molar-refractivity contribution in [3.05, 3.63) is 65.7 Å². The largest absolute Gasteiger partial charge is 0.350 e. The van der Waals surface area contributed by atoms with Crippen LogP contribution in [-0.2, 0) is 21.4 Å². The summed E-state index contributed by atoms with van der Waals surface area (Å²) in [6.07, 6.45) is 2.48. The number of nitrogens with one attached hydrogen (secondary N) is 2. The average molecular weight is 404 g/mol. The third-order valence-electron chi connectivity index (χ3n) is 4.16. The number of hydrogen-bond acceptors (Lipinski definition) is 5. The van der Waals surface area contributed by atoms with Gasteiger partial charge in [0.1, 0.15) is 11.9 Å². The normalized spacial score (nSPS) is 17.1. The molecule has 27 heavy (non-hydrogen) atoms. The number of hydrogen-bond donors (Lipinski definition) is 2. The van der Waals surface area contributed by atoms with E-state index in [9.17, 15) is 13.2 Å². The maximum Gasteiger partial charge on any atom is 0.263 e. The molecule has 142 valence electrons. The quantitative estimate of drug-likeness (QED) is 0.742. The van der Waals surface area contributed by atoms with Crippen LogP contribution in [0.1, 0.15) is 17.5 Å². The molecule has 0 unspecified atom stereocenters. The van der Waals surface area contributed by atoms with Gasteiger partial charge >= 0.3 is 0 Å². The maximum atomic E-state index is 12.7. The highest BCUT2D eigenvalue weighted by atomic mass is 32.2. The zero-order valence-corrected chi connectivity index (χ0v) is 16.5. The second-order valence-corrected chi connectivity index (χ2v) is 8.72. The molecule has 0 aliphatic carbocycles. The lowest BCUT2D eigenvalue weighted by atomic mass is 10.1. The molecule has 3 rings (SSSR count). The molecule has 1 heterocycles. The van der Waals surface area contributed by atoms with E-state index < -0.39 is 16.1 Å². The lowest BCUT2D eigenvalue weighted by Crippen LogP contribution is -2.35. The number of amides is 1. The summed E-state index contributed by atoms with van der Waals surface area (Å²) < 4.78 is 27.0. The number of carbonyl (C=O) groups excluding carboxylic acids is 1. The molecule has 0 bridgehead atoms. The highest BCUT2D eigenvalue weighted by Gasteiger charge is 2.31. The second-order valence-electron chi connectivity index (χ2n) is 6.08. The molecule has 2 aromatic rings. The third-order valence-corrected chi connectivity index (χ3v) is 6.20. The lowest BCUT2D eigenvalue weighted by Gasteiger charge is -2.14. The molecule has 0 fully saturated rings. The summed E-state index contributed by atoms with van der Waals surface area (Å²) in [5.41, 5.74) is 1.50. The topological polar surface area (TPSA) is 87.6 Å². The van der Waals surface area contributed by atoms with Crippen molar-refractivity contribution in [3.63, 3.8) is 0 Å². The van der Waals surface area contributed by atoms with Crippen LogP contribution in [0, 0.1) is 0 Å². The highest BCUT2D eigenvalue weighted by molar-refractivity contribution is 7.98. The Bertz CT molecular complexity index is 944. The number of rotatable bonds is 7. The standard InChI is InChI=1S/C19H21N3O3S2/c1-26-12-11-16(19(23)20-13-14-7-3-2-4-8-14)21-18-15-9-5-6-10-17(15)27(24,25)22-18/h2-10,16H,11-13H2,1H3,(H,20,23)(H,21,22)/t16-/m1/s1. The molecule has 8 heteroatoms. The van der Waals surface area contributed by atoms with Crippen LogP contribution in [0.3, 0.4) is 0 Å². The van der Waals surface area contributed by atoms with E-state index in [1.54, 1.807) is 30.0 Å². The Balaban J connectivity index is 1.81. The Hall–Kier alpha value is -2.32. The summed E-state index contributed by atoms with van der Waals surface area (Å²) in [6.45, 7) is 0.405. The van der Waals surface area contributed by atoms with E-state index in [4.69, 9.17) is 0 Å². The minimum Gasteiger partial charge on any atom is -0.350 e. The fourth-order valence-corrected chi connectivity index (χ4v) is 4.47. The summed E-state index contributed by atoms with van der Waals surface area (Å²) in [7, 11) is -3.62. The molecule has 1 amide bonds. The van der Waals surface area contributed by atoms with Gasteiger partial charge in [-0.2, -0.15) is 11.8 Å². The minimum atomic E-state index is -3.62. The van der Waals surface area contributed by atoms with Gasteiger partial charge in [0.25, 0.3) is 10.0 Å². The van der Waals surface area contributed by atoms with Crippen LogP contribution in [0.15, 0.2) is 64.5 Å². The maximum absolute atomic E-state index is 12.7. The first-order valence-electron chi connectivity index (χ1n) is 8.52. The molecule has 1 aliphatic heterocycles. The van der Waals surface area contributed by atoms with Crippen LogP contribution in [0.5, 0.6) is 0 Å². The van der Waals surface area contributed by atoms with Gasteiger partial charge < -0.3 is 5.32 Å². The Morgan fingerprint density at radius 2 is 1.85 bits per heavy atom. The monoisotopic (exact) mass is 403 g/mol. The van der Waals surface area contributed by atoms with Gasteiger partial charge in [-0.25, -0.2) is 8.42 Å². The minimum absolute atomic E-state index is 0.192. The molecule has 0 radical (unpaired) electrons. The van der Waals surface area contributed by atoms with E-state index in [0.29, 0.717) is 18.5 Å². The van der Waals surface area contributed by atoms with Gasteiger partial charge in [-0.3, -0.25) is 14.5 Å². The van der Waals surface area contributed by atoms with Gasteiger partial charge in [-0.05, 0) is 36.1 Å².